The maximum absolute atomic E-state index is 13.3. The van der Waals surface area contributed by atoms with Crippen molar-refractivity contribution in [2.75, 3.05) is 13.1 Å². The molecule has 4 saturated carbocycles. The number of amides is 1. The second-order valence-corrected chi connectivity index (χ2v) is 12.0. The zero-order valence-corrected chi connectivity index (χ0v) is 22.9. The van der Waals surface area contributed by atoms with Crippen LogP contribution >= 0.6 is 23.2 Å². The molecule has 196 valence electrons. The van der Waals surface area contributed by atoms with Crippen molar-refractivity contribution in [3.05, 3.63) is 69.3 Å². The van der Waals surface area contributed by atoms with E-state index in [0.717, 1.165) is 47.0 Å². The third-order valence-corrected chi connectivity index (χ3v) is 9.32. The van der Waals surface area contributed by atoms with E-state index in [9.17, 15) is 10.1 Å². The largest absolute Gasteiger partial charge is 0.349 e. The smallest absolute Gasteiger partial charge is 0.272 e. The van der Waals surface area contributed by atoms with Crippen LogP contribution in [0.3, 0.4) is 0 Å². The molecule has 0 unspecified atom stereocenters. The van der Waals surface area contributed by atoms with Crippen molar-refractivity contribution in [3.8, 4) is 23.0 Å². The minimum absolute atomic E-state index is 0.215. The van der Waals surface area contributed by atoms with Gasteiger partial charge in [-0.15, -0.1) is 0 Å². The highest BCUT2D eigenvalue weighted by molar-refractivity contribution is 6.35. The van der Waals surface area contributed by atoms with Gasteiger partial charge in [0, 0.05) is 35.3 Å². The molecule has 0 saturated heterocycles. The molecule has 4 bridgehead atoms. The lowest BCUT2D eigenvalue weighted by molar-refractivity contribution is -0.0133. The van der Waals surface area contributed by atoms with E-state index in [0.29, 0.717) is 39.6 Å². The standard InChI is InChI=1S/C30H31Cl2N5O/c1-17-27(30(38)35-9-8-34-28-22-11-19-10-20(13-22)14-23(28)12-19)36-37(26-7-6-24(31)15-25(26)32)29(17)21-4-2-18(16-33)3-5-21/h2-7,15,19-20,22-23,28,34H,8-14H2,1H3,(H,35,38)/t19-,20+,22-,23+,28?. The van der Waals surface area contributed by atoms with E-state index in [2.05, 4.69) is 16.7 Å². The Kier molecular flexibility index (Phi) is 6.94. The lowest BCUT2D eigenvalue weighted by atomic mass is 9.54. The Bertz CT molecular complexity index is 1380. The molecule has 3 aromatic rings. The van der Waals surface area contributed by atoms with Crippen molar-refractivity contribution < 1.29 is 4.79 Å². The number of carbonyl (C=O) groups is 1. The number of aromatic nitrogens is 2. The van der Waals surface area contributed by atoms with Gasteiger partial charge in [-0.25, -0.2) is 4.68 Å². The van der Waals surface area contributed by atoms with Crippen molar-refractivity contribution in [2.45, 2.75) is 45.1 Å². The van der Waals surface area contributed by atoms with Crippen LogP contribution in [-0.4, -0.2) is 34.8 Å². The van der Waals surface area contributed by atoms with Gasteiger partial charge in [0.15, 0.2) is 5.69 Å². The first-order valence-electron chi connectivity index (χ1n) is 13.5. The number of nitriles is 1. The molecule has 0 spiro atoms. The van der Waals surface area contributed by atoms with Gasteiger partial charge in [0.05, 0.1) is 28.0 Å². The van der Waals surface area contributed by atoms with Gasteiger partial charge in [0.2, 0.25) is 0 Å². The van der Waals surface area contributed by atoms with Crippen LogP contribution in [0.5, 0.6) is 0 Å². The fourth-order valence-electron chi connectivity index (χ4n) is 7.34. The van der Waals surface area contributed by atoms with Crippen molar-refractivity contribution in [1.82, 2.24) is 20.4 Å². The van der Waals surface area contributed by atoms with Gasteiger partial charge in [0.1, 0.15) is 0 Å². The van der Waals surface area contributed by atoms with Gasteiger partial charge in [-0.3, -0.25) is 4.79 Å². The summed E-state index contributed by atoms with van der Waals surface area (Å²) < 4.78 is 1.69. The molecule has 4 aliphatic rings. The summed E-state index contributed by atoms with van der Waals surface area (Å²) in [5, 5.41) is 21.7. The molecule has 1 amide bonds. The van der Waals surface area contributed by atoms with E-state index in [1.807, 2.05) is 19.1 Å². The van der Waals surface area contributed by atoms with Crippen LogP contribution in [0, 0.1) is 41.9 Å². The summed E-state index contributed by atoms with van der Waals surface area (Å²) in [6.07, 6.45) is 6.95. The molecule has 6 nitrogen and oxygen atoms in total. The summed E-state index contributed by atoms with van der Waals surface area (Å²) in [6, 6.07) is 15.2. The highest BCUT2D eigenvalue weighted by atomic mass is 35.5. The lowest BCUT2D eigenvalue weighted by Crippen LogP contribution is -2.55. The molecular weight excluding hydrogens is 517 g/mol. The summed E-state index contributed by atoms with van der Waals surface area (Å²) in [4.78, 5) is 13.3. The Morgan fingerprint density at radius 2 is 1.71 bits per heavy atom. The van der Waals surface area contributed by atoms with Gasteiger partial charge < -0.3 is 10.6 Å². The maximum atomic E-state index is 13.3. The second kappa shape index (κ2) is 10.4. The summed E-state index contributed by atoms with van der Waals surface area (Å²) >= 11 is 12.7. The van der Waals surface area contributed by atoms with Crippen LogP contribution in [-0.2, 0) is 0 Å². The fraction of sp³-hybridized carbons (Fsp3) is 0.433. The molecule has 4 aliphatic carbocycles. The average Bonchev–Trinajstić information content (AvgIpc) is 3.24. The number of nitrogens with zero attached hydrogens (tertiary/aromatic N) is 3. The number of rotatable bonds is 7. The molecule has 7 rings (SSSR count). The Balaban J connectivity index is 1.20. The summed E-state index contributed by atoms with van der Waals surface area (Å²) in [5.74, 6) is 3.30. The van der Waals surface area contributed by atoms with Crippen LogP contribution in [0.15, 0.2) is 42.5 Å². The quantitative estimate of drug-likeness (QED) is 0.346. The third kappa shape index (κ3) is 4.73. The topological polar surface area (TPSA) is 82.7 Å². The fourth-order valence-corrected chi connectivity index (χ4v) is 7.83. The second-order valence-electron chi connectivity index (χ2n) is 11.2. The maximum Gasteiger partial charge on any atom is 0.272 e. The van der Waals surface area contributed by atoms with Crippen LogP contribution in [0.1, 0.15) is 53.7 Å². The number of halogens is 2. The zero-order valence-electron chi connectivity index (χ0n) is 21.4. The van der Waals surface area contributed by atoms with Crippen LogP contribution in [0.4, 0.5) is 0 Å². The number of hydrogen-bond donors (Lipinski definition) is 2. The lowest BCUT2D eigenvalue weighted by Gasteiger charge is -2.54. The SMILES string of the molecule is Cc1c(C(=O)NCCNC2[C@H]3C[C@@H]4C[C@@H](C[C@H]2C4)C3)nn(-c2ccc(Cl)cc2Cl)c1-c1ccc(C#N)cc1. The average molecular weight is 549 g/mol. The van der Waals surface area contributed by atoms with Gasteiger partial charge in [-0.05, 0) is 93.0 Å². The first-order valence-corrected chi connectivity index (χ1v) is 14.2. The highest BCUT2D eigenvalue weighted by Crippen LogP contribution is 2.53. The molecule has 0 radical (unpaired) electrons. The number of hydrogen-bond acceptors (Lipinski definition) is 4. The van der Waals surface area contributed by atoms with Crippen LogP contribution in [0.25, 0.3) is 16.9 Å². The first kappa shape index (κ1) is 25.4. The molecule has 2 N–H and O–H groups in total. The van der Waals surface area contributed by atoms with E-state index >= 15 is 0 Å². The minimum atomic E-state index is -0.215. The number of benzene rings is 2. The predicted molar refractivity (Wildman–Crippen MR) is 150 cm³/mol. The zero-order chi connectivity index (χ0) is 26.4. The number of carbonyl (C=O) groups excluding carboxylic acids is 1. The van der Waals surface area contributed by atoms with Crippen molar-refractivity contribution in [1.29, 1.82) is 5.26 Å². The highest BCUT2D eigenvalue weighted by Gasteiger charge is 2.47. The monoisotopic (exact) mass is 547 g/mol. The molecule has 8 heteroatoms. The van der Waals surface area contributed by atoms with E-state index < -0.39 is 0 Å². The van der Waals surface area contributed by atoms with Gasteiger partial charge in [-0.1, -0.05) is 35.3 Å². The number of nitrogens with one attached hydrogen (secondary N) is 2. The Morgan fingerprint density at radius 1 is 1.03 bits per heavy atom. The van der Waals surface area contributed by atoms with Gasteiger partial charge >= 0.3 is 0 Å². The first-order chi connectivity index (χ1) is 18.4. The molecule has 1 aromatic heterocycles. The summed E-state index contributed by atoms with van der Waals surface area (Å²) in [6.45, 7) is 3.19. The Hall–Kier alpha value is -2.85. The van der Waals surface area contributed by atoms with E-state index in [1.165, 1.54) is 32.1 Å². The molecule has 0 atom stereocenters. The third-order valence-electron chi connectivity index (χ3n) is 8.78. The van der Waals surface area contributed by atoms with E-state index in [-0.39, 0.29) is 5.91 Å². The molecule has 38 heavy (non-hydrogen) atoms. The van der Waals surface area contributed by atoms with Crippen LogP contribution in [0.2, 0.25) is 10.0 Å². The Labute approximate surface area is 233 Å². The minimum Gasteiger partial charge on any atom is -0.349 e. The Morgan fingerprint density at radius 3 is 2.34 bits per heavy atom. The predicted octanol–water partition coefficient (Wildman–Crippen LogP) is 6.17. The van der Waals surface area contributed by atoms with E-state index in [4.69, 9.17) is 28.3 Å². The molecule has 4 fully saturated rings. The van der Waals surface area contributed by atoms with Crippen molar-refractivity contribution >= 4 is 29.1 Å². The molecule has 1 heterocycles. The van der Waals surface area contributed by atoms with Crippen molar-refractivity contribution in [3.63, 3.8) is 0 Å². The molecule has 2 aromatic carbocycles. The summed E-state index contributed by atoms with van der Waals surface area (Å²) in [5.41, 5.74) is 3.86. The molecule has 0 aliphatic heterocycles. The molecular formula is C30H31Cl2N5O. The van der Waals surface area contributed by atoms with E-state index in [1.54, 1.807) is 35.0 Å². The van der Waals surface area contributed by atoms with Gasteiger partial charge in [0.25, 0.3) is 5.91 Å². The van der Waals surface area contributed by atoms with Crippen molar-refractivity contribution in [2.24, 2.45) is 23.7 Å². The van der Waals surface area contributed by atoms with Crippen LogP contribution < -0.4 is 10.6 Å². The normalized spacial score (nSPS) is 25.4. The summed E-state index contributed by atoms with van der Waals surface area (Å²) in [7, 11) is 0. The van der Waals surface area contributed by atoms with Gasteiger partial charge in [-0.2, -0.15) is 10.4 Å².